The molecule has 0 aliphatic carbocycles. The number of unbranched alkanes of at least 4 members (excludes halogenated alkanes) is 6. The molecule has 0 saturated carbocycles. The van der Waals surface area contributed by atoms with E-state index in [-0.39, 0.29) is 11.8 Å². The molecule has 0 aromatic carbocycles. The third-order valence-corrected chi connectivity index (χ3v) is 3.01. The molecule has 0 rings (SSSR count). The summed E-state index contributed by atoms with van der Waals surface area (Å²) in [4.78, 5) is 17.2. The lowest BCUT2D eigenvalue weighted by molar-refractivity contribution is 0.367. The molecule has 106 valence electrons. The molecular weight excluding hydrogens is 243 g/mol. The first-order valence-corrected chi connectivity index (χ1v) is 7.81. The van der Waals surface area contributed by atoms with Crippen LogP contribution in [0.2, 0.25) is 0 Å². The Hall–Kier alpha value is 0.0300. The van der Waals surface area contributed by atoms with Crippen LogP contribution in [0.3, 0.4) is 0 Å². The first-order chi connectivity index (χ1) is 7.56. The number of rotatable bonds is 11. The van der Waals surface area contributed by atoms with E-state index in [0.717, 1.165) is 25.8 Å². The Morgan fingerprint density at radius 2 is 1.41 bits per heavy atom. The average Bonchev–Trinajstić information content (AvgIpc) is 2.19. The van der Waals surface area contributed by atoms with Gasteiger partial charge in [0.1, 0.15) is 0 Å². The highest BCUT2D eigenvalue weighted by atomic mass is 31.2. The minimum Gasteiger partial charge on any atom is -0.412 e. The van der Waals surface area contributed by atoms with Crippen molar-refractivity contribution in [1.29, 1.82) is 0 Å². The Labute approximate surface area is 103 Å². The summed E-state index contributed by atoms with van der Waals surface area (Å²) in [5, 5.41) is 2.76. The lowest BCUT2D eigenvalue weighted by Crippen LogP contribution is -2.16. The van der Waals surface area contributed by atoms with E-state index in [1.807, 2.05) is 0 Å². The van der Waals surface area contributed by atoms with Crippen molar-refractivity contribution in [2.75, 3.05) is 19.4 Å². The van der Waals surface area contributed by atoms with Gasteiger partial charge in [-0.05, 0) is 25.9 Å². The fourth-order valence-electron chi connectivity index (χ4n) is 1.50. The third kappa shape index (κ3) is 18.6. The summed E-state index contributed by atoms with van der Waals surface area (Å²) in [5.74, 6) is 0. The van der Waals surface area contributed by atoms with E-state index in [2.05, 4.69) is 5.32 Å². The van der Waals surface area contributed by atoms with Crippen LogP contribution in [-0.2, 0) is 4.57 Å². The largest absolute Gasteiger partial charge is 0.412 e. The summed E-state index contributed by atoms with van der Waals surface area (Å²) < 4.78 is 10.5. The third-order valence-electron chi connectivity index (χ3n) is 2.38. The summed E-state index contributed by atoms with van der Waals surface area (Å²) in [5.41, 5.74) is 5.39. The Kier molecular flexibility index (Phi) is 14.2. The normalized spacial score (nSPS) is 11.2. The Morgan fingerprint density at radius 1 is 0.941 bits per heavy atom. The monoisotopic (exact) mass is 270 g/mol. The number of nitrogens with one attached hydrogen (secondary N) is 1. The molecule has 0 spiro atoms. The van der Waals surface area contributed by atoms with E-state index in [4.69, 9.17) is 15.5 Å². The fourth-order valence-corrected chi connectivity index (χ4v) is 1.95. The number of hydrogen-bond donors (Lipinski definition) is 4. The molecule has 0 aliphatic rings. The van der Waals surface area contributed by atoms with Crippen molar-refractivity contribution >= 4 is 7.60 Å². The van der Waals surface area contributed by atoms with Gasteiger partial charge in [0, 0.05) is 0 Å². The number of hydrogen-bond acceptors (Lipinski definition) is 3. The number of nitrogens with two attached hydrogens (primary N) is 1. The van der Waals surface area contributed by atoms with Crippen LogP contribution in [0.15, 0.2) is 0 Å². The molecule has 7 N–H and O–H groups in total. The van der Waals surface area contributed by atoms with Crippen LogP contribution in [0.1, 0.15) is 44.9 Å². The molecule has 0 unspecified atom stereocenters. The molecule has 0 heterocycles. The minimum atomic E-state index is -3.86. The highest BCUT2D eigenvalue weighted by Gasteiger charge is 2.10. The van der Waals surface area contributed by atoms with Crippen LogP contribution in [-0.4, -0.2) is 34.6 Å². The molecule has 0 amide bonds. The topological polar surface area (TPSA) is 127 Å². The van der Waals surface area contributed by atoms with Gasteiger partial charge in [-0.15, -0.1) is 0 Å². The zero-order chi connectivity index (χ0) is 12.3. The van der Waals surface area contributed by atoms with Gasteiger partial charge in [-0.3, -0.25) is 4.57 Å². The van der Waals surface area contributed by atoms with Gasteiger partial charge in [0.25, 0.3) is 0 Å². The molecule has 0 atom stereocenters. The van der Waals surface area contributed by atoms with Gasteiger partial charge in [-0.25, -0.2) is 0 Å². The maximum atomic E-state index is 10.5. The molecule has 0 aliphatic heterocycles. The Bertz CT molecular complexity index is 199. The van der Waals surface area contributed by atoms with Crippen LogP contribution >= 0.6 is 7.60 Å². The van der Waals surface area contributed by atoms with E-state index < -0.39 is 7.60 Å². The van der Waals surface area contributed by atoms with Crippen LogP contribution < -0.4 is 11.1 Å². The van der Waals surface area contributed by atoms with Gasteiger partial charge < -0.3 is 26.3 Å². The van der Waals surface area contributed by atoms with E-state index in [1.54, 1.807) is 0 Å². The van der Waals surface area contributed by atoms with Crippen molar-refractivity contribution in [2.24, 2.45) is 5.73 Å². The quantitative estimate of drug-likeness (QED) is 0.322. The van der Waals surface area contributed by atoms with E-state index >= 15 is 0 Å². The van der Waals surface area contributed by atoms with Crippen LogP contribution in [0, 0.1) is 0 Å². The Morgan fingerprint density at radius 3 is 1.88 bits per heavy atom. The lowest BCUT2D eigenvalue weighted by Gasteiger charge is -2.06. The molecule has 6 nitrogen and oxygen atoms in total. The van der Waals surface area contributed by atoms with Gasteiger partial charge in [-0.2, -0.15) is 0 Å². The predicted octanol–water partition coefficient (Wildman–Crippen LogP) is 0.576. The van der Waals surface area contributed by atoms with Gasteiger partial charge in [-0.1, -0.05) is 32.1 Å². The minimum absolute atomic E-state index is 0. The fraction of sp³-hybridized carbons (Fsp3) is 1.00. The second-order valence-corrected chi connectivity index (χ2v) is 5.73. The molecular formula is C10H27N2O4P. The second-order valence-electron chi connectivity index (χ2n) is 4.09. The van der Waals surface area contributed by atoms with Crippen LogP contribution in [0.5, 0.6) is 0 Å². The van der Waals surface area contributed by atoms with Gasteiger partial charge in [0.2, 0.25) is 0 Å². The zero-order valence-corrected chi connectivity index (χ0v) is 11.3. The van der Waals surface area contributed by atoms with E-state index in [1.165, 1.54) is 25.7 Å². The van der Waals surface area contributed by atoms with Crippen molar-refractivity contribution < 1.29 is 19.8 Å². The van der Waals surface area contributed by atoms with Crippen molar-refractivity contribution in [3.8, 4) is 0 Å². The molecule has 0 aromatic rings. The summed E-state index contributed by atoms with van der Waals surface area (Å²) in [7, 11) is -3.86. The van der Waals surface area contributed by atoms with Gasteiger partial charge in [0.05, 0.1) is 6.29 Å². The van der Waals surface area contributed by atoms with Crippen molar-refractivity contribution in [1.82, 2.24) is 5.32 Å². The zero-order valence-electron chi connectivity index (χ0n) is 10.4. The summed E-state index contributed by atoms with van der Waals surface area (Å²) in [6, 6.07) is 0. The maximum Gasteiger partial charge on any atom is 0.339 e. The summed E-state index contributed by atoms with van der Waals surface area (Å²) in [6.07, 6.45) is 7.90. The first kappa shape index (κ1) is 19.4. The predicted molar refractivity (Wildman–Crippen MR) is 69.9 cm³/mol. The van der Waals surface area contributed by atoms with Crippen molar-refractivity contribution in [3.05, 3.63) is 0 Å². The SMILES string of the molecule is NCCCCCCCCCNCP(=O)(O)O.O. The molecule has 0 bridgehead atoms. The van der Waals surface area contributed by atoms with E-state index in [9.17, 15) is 4.57 Å². The standard InChI is InChI=1S/C10H25N2O3P.H2O/c11-8-6-4-2-1-3-5-7-9-12-10-16(13,14)15;/h12H,1-11H2,(H2,13,14,15);1H2. The van der Waals surface area contributed by atoms with Gasteiger partial charge in [0.15, 0.2) is 0 Å². The maximum absolute atomic E-state index is 10.5. The lowest BCUT2D eigenvalue weighted by atomic mass is 10.1. The Balaban J connectivity index is 0. The molecule has 17 heavy (non-hydrogen) atoms. The van der Waals surface area contributed by atoms with E-state index in [0.29, 0.717) is 6.54 Å². The first-order valence-electron chi connectivity index (χ1n) is 6.01. The molecule has 0 aromatic heterocycles. The highest BCUT2D eigenvalue weighted by molar-refractivity contribution is 7.51. The average molecular weight is 270 g/mol. The van der Waals surface area contributed by atoms with Crippen LogP contribution in [0.4, 0.5) is 0 Å². The summed E-state index contributed by atoms with van der Waals surface area (Å²) >= 11 is 0. The van der Waals surface area contributed by atoms with Crippen molar-refractivity contribution in [3.63, 3.8) is 0 Å². The smallest absolute Gasteiger partial charge is 0.339 e. The summed E-state index contributed by atoms with van der Waals surface area (Å²) in [6.45, 7) is 1.47. The van der Waals surface area contributed by atoms with Crippen molar-refractivity contribution in [2.45, 2.75) is 44.9 Å². The highest BCUT2D eigenvalue weighted by Crippen LogP contribution is 2.31. The molecule has 0 fully saturated rings. The molecule has 0 radical (unpaired) electrons. The van der Waals surface area contributed by atoms with Gasteiger partial charge >= 0.3 is 7.60 Å². The molecule has 0 saturated heterocycles. The second kappa shape index (κ2) is 12.5. The molecule has 7 heteroatoms. The van der Waals surface area contributed by atoms with Crippen LogP contribution in [0.25, 0.3) is 0 Å².